The number of piperidine rings is 1. The molecular weight excluding hydrogens is 394 g/mol. The predicted octanol–water partition coefficient (Wildman–Crippen LogP) is 4.33. The Balaban J connectivity index is 1.35. The fraction of sp³-hybridized carbons (Fsp3) is 0.407. The summed E-state index contributed by atoms with van der Waals surface area (Å²) in [7, 11) is 0. The second-order valence-electron chi connectivity index (χ2n) is 9.58. The second kappa shape index (κ2) is 7.98. The molecule has 2 aromatic carbocycles. The lowest BCUT2D eigenvalue weighted by atomic mass is 9.66. The van der Waals surface area contributed by atoms with Crippen molar-refractivity contribution in [3.63, 3.8) is 0 Å². The van der Waals surface area contributed by atoms with Crippen molar-refractivity contribution in [3.8, 4) is 0 Å². The van der Waals surface area contributed by atoms with Crippen LogP contribution in [0.25, 0.3) is 0 Å². The summed E-state index contributed by atoms with van der Waals surface area (Å²) >= 11 is 0. The van der Waals surface area contributed by atoms with Crippen LogP contribution in [0, 0.1) is 5.41 Å². The van der Waals surface area contributed by atoms with E-state index in [1.165, 1.54) is 23.1 Å². The molecule has 3 aliphatic rings. The van der Waals surface area contributed by atoms with E-state index in [1.54, 1.807) is 0 Å². The first kappa shape index (κ1) is 19.9. The Hall–Kier alpha value is -2.76. The van der Waals surface area contributed by atoms with Crippen molar-refractivity contribution in [2.24, 2.45) is 11.1 Å². The van der Waals surface area contributed by atoms with Gasteiger partial charge < -0.3 is 16.0 Å². The lowest BCUT2D eigenvalue weighted by Gasteiger charge is -2.42. The van der Waals surface area contributed by atoms with Gasteiger partial charge in [-0.3, -0.25) is 4.98 Å². The molecule has 0 saturated carbocycles. The van der Waals surface area contributed by atoms with E-state index in [0.717, 1.165) is 50.4 Å². The van der Waals surface area contributed by atoms with E-state index in [9.17, 15) is 0 Å². The number of nitrogens with zero attached hydrogens (tertiary/aromatic N) is 3. The minimum atomic E-state index is 0.0192. The van der Waals surface area contributed by atoms with E-state index in [2.05, 4.69) is 64.8 Å². The van der Waals surface area contributed by atoms with Crippen molar-refractivity contribution >= 4 is 5.82 Å². The molecule has 5 nitrogen and oxygen atoms in total. The van der Waals surface area contributed by atoms with Gasteiger partial charge in [0.25, 0.3) is 0 Å². The van der Waals surface area contributed by atoms with Gasteiger partial charge in [-0.2, -0.15) is 0 Å². The van der Waals surface area contributed by atoms with Crippen LogP contribution in [0.5, 0.6) is 0 Å². The molecule has 164 valence electrons. The highest BCUT2D eigenvalue weighted by Crippen LogP contribution is 2.59. The molecule has 1 aromatic heterocycles. The maximum atomic E-state index is 6.91. The summed E-state index contributed by atoms with van der Waals surface area (Å²) in [5, 5.41) is 3.52. The number of rotatable bonds is 3. The number of hydrogen-bond acceptors (Lipinski definition) is 5. The van der Waals surface area contributed by atoms with Crippen LogP contribution in [0.2, 0.25) is 0 Å². The maximum absolute atomic E-state index is 6.91. The highest BCUT2D eigenvalue weighted by Gasteiger charge is 2.53. The van der Waals surface area contributed by atoms with Gasteiger partial charge in [-0.15, -0.1) is 0 Å². The van der Waals surface area contributed by atoms with Crippen LogP contribution < -0.4 is 16.0 Å². The van der Waals surface area contributed by atoms with Crippen LogP contribution in [0.4, 0.5) is 5.82 Å². The number of hydrogen-bond donors (Lipinski definition) is 2. The van der Waals surface area contributed by atoms with Crippen molar-refractivity contribution < 1.29 is 0 Å². The van der Waals surface area contributed by atoms with E-state index in [1.807, 2.05) is 12.4 Å². The summed E-state index contributed by atoms with van der Waals surface area (Å²) in [6.07, 6.45) is 8.51. The van der Waals surface area contributed by atoms with Crippen LogP contribution >= 0.6 is 0 Å². The van der Waals surface area contributed by atoms with Crippen molar-refractivity contribution in [2.45, 2.75) is 43.7 Å². The van der Waals surface area contributed by atoms with E-state index >= 15 is 0 Å². The summed E-state index contributed by atoms with van der Waals surface area (Å²) in [5.41, 5.74) is 12.0. The molecule has 32 heavy (non-hydrogen) atoms. The number of anilines is 1. The lowest BCUT2D eigenvalue weighted by Crippen LogP contribution is -2.44. The van der Waals surface area contributed by atoms with Crippen LogP contribution in [-0.4, -0.2) is 29.6 Å². The highest BCUT2D eigenvalue weighted by atomic mass is 15.2. The molecule has 1 aliphatic carbocycles. The number of aromatic nitrogens is 2. The molecule has 3 atom stereocenters. The van der Waals surface area contributed by atoms with Gasteiger partial charge in [-0.25, -0.2) is 4.98 Å². The first-order valence-corrected chi connectivity index (χ1v) is 12.0. The summed E-state index contributed by atoms with van der Waals surface area (Å²) in [6.45, 7) is 3.05. The molecule has 2 saturated heterocycles. The predicted molar refractivity (Wildman–Crippen MR) is 128 cm³/mol. The Kier molecular flexibility index (Phi) is 4.96. The fourth-order valence-electron chi connectivity index (χ4n) is 6.49. The largest absolute Gasteiger partial charge is 0.348 e. The van der Waals surface area contributed by atoms with Gasteiger partial charge in [0.1, 0.15) is 5.82 Å². The molecule has 3 N–H and O–H groups in total. The first-order valence-electron chi connectivity index (χ1n) is 12.0. The Morgan fingerprint density at radius 1 is 0.906 bits per heavy atom. The second-order valence-corrected chi connectivity index (χ2v) is 9.58. The summed E-state index contributed by atoms with van der Waals surface area (Å²) in [4.78, 5) is 12.4. The third-order valence-electron chi connectivity index (χ3n) is 8.06. The Labute approximate surface area is 190 Å². The smallest absolute Gasteiger partial charge is 0.147 e. The van der Waals surface area contributed by atoms with E-state index in [4.69, 9.17) is 15.7 Å². The third-order valence-corrected chi connectivity index (χ3v) is 8.06. The molecule has 6 rings (SSSR count). The molecule has 2 unspecified atom stereocenters. The standard InChI is InChI=1S/C27H31N5/c28-26-21-10-5-4-9-20(21)25(27(26)12-14-29-15-13-27)22-17-31-24(18-30-22)32-16-6-11-23(32)19-7-2-1-3-8-19/h1-5,7-10,17-18,23,25-26,29H,6,11-16,28H2/t23-,25?,26?/m0/s1. The van der Waals surface area contributed by atoms with Crippen molar-refractivity contribution in [1.82, 2.24) is 15.3 Å². The van der Waals surface area contributed by atoms with E-state index in [-0.39, 0.29) is 17.4 Å². The maximum Gasteiger partial charge on any atom is 0.147 e. The quantitative estimate of drug-likeness (QED) is 0.654. The molecule has 0 amide bonds. The highest BCUT2D eigenvalue weighted by molar-refractivity contribution is 5.48. The zero-order valence-electron chi connectivity index (χ0n) is 18.5. The van der Waals surface area contributed by atoms with Gasteiger partial charge in [0.15, 0.2) is 0 Å². The topological polar surface area (TPSA) is 67.1 Å². The zero-order chi connectivity index (χ0) is 21.5. The van der Waals surface area contributed by atoms with Gasteiger partial charge in [-0.1, -0.05) is 54.6 Å². The molecule has 0 radical (unpaired) electrons. The molecule has 3 heterocycles. The van der Waals surface area contributed by atoms with Gasteiger partial charge >= 0.3 is 0 Å². The van der Waals surface area contributed by atoms with Crippen LogP contribution in [0.3, 0.4) is 0 Å². The summed E-state index contributed by atoms with van der Waals surface area (Å²) < 4.78 is 0. The molecular formula is C27H31N5. The van der Waals surface area contributed by atoms with Crippen LogP contribution in [-0.2, 0) is 0 Å². The summed E-state index contributed by atoms with van der Waals surface area (Å²) in [5.74, 6) is 1.19. The van der Waals surface area contributed by atoms with Crippen molar-refractivity contribution in [1.29, 1.82) is 0 Å². The number of nitrogens with two attached hydrogens (primary N) is 1. The molecule has 0 bridgehead atoms. The molecule has 5 heteroatoms. The molecule has 1 spiro atoms. The van der Waals surface area contributed by atoms with Crippen LogP contribution in [0.15, 0.2) is 67.0 Å². The number of fused-ring (bicyclic) bond motifs is 1. The lowest BCUT2D eigenvalue weighted by molar-refractivity contribution is 0.149. The van der Waals surface area contributed by atoms with Gasteiger partial charge in [0.05, 0.1) is 24.1 Å². The average molecular weight is 426 g/mol. The SMILES string of the molecule is NC1c2ccccc2C(c2cnc(N3CCC[C@H]3c3ccccc3)cn2)C12CCNCC2. The van der Waals surface area contributed by atoms with Crippen LogP contribution in [0.1, 0.15) is 66.1 Å². The van der Waals surface area contributed by atoms with Gasteiger partial charge in [0, 0.05) is 23.9 Å². The van der Waals surface area contributed by atoms with E-state index in [0.29, 0.717) is 6.04 Å². The van der Waals surface area contributed by atoms with Crippen molar-refractivity contribution in [3.05, 3.63) is 89.4 Å². The zero-order valence-corrected chi connectivity index (χ0v) is 18.5. The Bertz CT molecular complexity index is 1070. The summed E-state index contributed by atoms with van der Waals surface area (Å²) in [6, 6.07) is 19.9. The average Bonchev–Trinajstić information content (AvgIpc) is 3.43. The number of nitrogens with one attached hydrogen (secondary N) is 1. The third kappa shape index (κ3) is 3.06. The van der Waals surface area contributed by atoms with E-state index < -0.39 is 0 Å². The monoisotopic (exact) mass is 425 g/mol. The molecule has 3 aromatic rings. The van der Waals surface area contributed by atoms with Gasteiger partial charge in [0.2, 0.25) is 0 Å². The van der Waals surface area contributed by atoms with Gasteiger partial charge in [-0.05, 0) is 55.5 Å². The normalized spacial score (nSPS) is 26.4. The minimum Gasteiger partial charge on any atom is -0.348 e. The number of benzene rings is 2. The first-order chi connectivity index (χ1) is 15.8. The minimum absolute atomic E-state index is 0.0192. The molecule has 2 aliphatic heterocycles. The molecule has 2 fully saturated rings. The Morgan fingerprint density at radius 2 is 1.66 bits per heavy atom. The fourth-order valence-corrected chi connectivity index (χ4v) is 6.49. The van der Waals surface area contributed by atoms with Crippen molar-refractivity contribution in [2.75, 3.05) is 24.5 Å². The Morgan fingerprint density at radius 3 is 2.41 bits per heavy atom.